The van der Waals surface area contributed by atoms with Gasteiger partial charge in [0.1, 0.15) is 18.1 Å². The van der Waals surface area contributed by atoms with Crippen molar-refractivity contribution in [1.29, 1.82) is 0 Å². The Labute approximate surface area is 165 Å². The van der Waals surface area contributed by atoms with Gasteiger partial charge in [-0.15, -0.1) is 0 Å². The van der Waals surface area contributed by atoms with E-state index < -0.39 is 17.4 Å². The zero-order valence-electron chi connectivity index (χ0n) is 15.8. The van der Waals surface area contributed by atoms with Crippen LogP contribution in [0, 0.1) is 0 Å². The van der Waals surface area contributed by atoms with Gasteiger partial charge in [-0.1, -0.05) is 18.2 Å². The van der Waals surface area contributed by atoms with E-state index in [1.54, 1.807) is 38.1 Å². The highest BCUT2D eigenvalue weighted by molar-refractivity contribution is 5.95. The van der Waals surface area contributed by atoms with Crippen molar-refractivity contribution in [3.05, 3.63) is 59.7 Å². The summed E-state index contributed by atoms with van der Waals surface area (Å²) in [5.41, 5.74) is 10.6. The van der Waals surface area contributed by atoms with Crippen LogP contribution in [-0.2, 0) is 17.6 Å². The number of rotatable bonds is 5. The fraction of sp³-hybridized carbons (Fsp3) is 0.263. The van der Waals surface area contributed by atoms with E-state index in [4.69, 9.17) is 21.0 Å². The third-order valence-electron chi connectivity index (χ3n) is 3.98. The number of aliphatic imine (C=N–C) groups is 2. The number of alkyl halides is 3. The molecular weight excluding hydrogens is 387 g/mol. The van der Waals surface area contributed by atoms with Crippen LogP contribution in [0.3, 0.4) is 0 Å². The van der Waals surface area contributed by atoms with Crippen molar-refractivity contribution >= 4 is 11.9 Å². The molecule has 0 aromatic heterocycles. The fourth-order valence-corrected chi connectivity index (χ4v) is 2.73. The zero-order chi connectivity index (χ0) is 21.2. The van der Waals surface area contributed by atoms with E-state index in [-0.39, 0.29) is 24.3 Å². The topological polar surface area (TPSA) is 98.5 Å². The summed E-state index contributed by atoms with van der Waals surface area (Å²) in [4.78, 5) is 13.8. The maximum absolute atomic E-state index is 12.9. The molecule has 0 amide bonds. The second kappa shape index (κ2) is 7.63. The molecule has 29 heavy (non-hydrogen) atoms. The number of nitrogens with two attached hydrogens (primary N) is 2. The number of ether oxygens (including phenoxy) is 1. The van der Waals surface area contributed by atoms with Crippen LogP contribution in [0.25, 0.3) is 0 Å². The predicted octanol–water partition coefficient (Wildman–Crippen LogP) is 3.61. The molecule has 10 heteroatoms. The van der Waals surface area contributed by atoms with E-state index in [1.165, 1.54) is 17.2 Å². The van der Waals surface area contributed by atoms with Gasteiger partial charge in [-0.3, -0.25) is 4.84 Å². The first-order chi connectivity index (χ1) is 13.5. The molecule has 4 N–H and O–H groups in total. The Morgan fingerprint density at radius 1 is 1.03 bits per heavy atom. The van der Waals surface area contributed by atoms with E-state index in [0.29, 0.717) is 11.3 Å². The van der Waals surface area contributed by atoms with E-state index in [1.807, 2.05) is 0 Å². The van der Waals surface area contributed by atoms with Crippen molar-refractivity contribution in [2.75, 3.05) is 0 Å². The number of hydrogen-bond donors (Lipinski definition) is 2. The average Bonchev–Trinajstić information content (AvgIpc) is 2.60. The molecule has 3 rings (SSSR count). The molecule has 7 nitrogen and oxygen atoms in total. The summed E-state index contributed by atoms with van der Waals surface area (Å²) in [6, 6.07) is 11.4. The standard InChI is InChI=1S/C19H20F3N5O2/c1-18(2)26-16(23)25-17(24)27(18)28-11-12-5-3-7-14(9-12)29-15-8-4-6-13(10-15)19(20,21)22/h3-10H,11H2,1-2H3,(H4,23,24,25,26). The van der Waals surface area contributed by atoms with Crippen LogP contribution in [0.1, 0.15) is 25.0 Å². The van der Waals surface area contributed by atoms with Crippen molar-refractivity contribution < 1.29 is 22.7 Å². The fourth-order valence-electron chi connectivity index (χ4n) is 2.73. The van der Waals surface area contributed by atoms with Gasteiger partial charge in [0.15, 0.2) is 5.66 Å². The van der Waals surface area contributed by atoms with Crippen molar-refractivity contribution in [3.63, 3.8) is 0 Å². The second-order valence-electron chi connectivity index (χ2n) is 6.78. The van der Waals surface area contributed by atoms with Crippen LogP contribution in [-0.4, -0.2) is 22.6 Å². The molecule has 0 atom stereocenters. The predicted molar refractivity (Wildman–Crippen MR) is 102 cm³/mol. The number of halogens is 3. The van der Waals surface area contributed by atoms with Gasteiger partial charge in [0.25, 0.3) is 0 Å². The summed E-state index contributed by atoms with van der Waals surface area (Å²) < 4.78 is 44.1. The summed E-state index contributed by atoms with van der Waals surface area (Å²) in [7, 11) is 0. The van der Waals surface area contributed by atoms with Crippen molar-refractivity contribution in [2.45, 2.75) is 32.3 Å². The Morgan fingerprint density at radius 2 is 1.69 bits per heavy atom. The van der Waals surface area contributed by atoms with E-state index >= 15 is 0 Å². The summed E-state index contributed by atoms with van der Waals surface area (Å²) in [6.45, 7) is 3.62. The van der Waals surface area contributed by atoms with Gasteiger partial charge in [0.2, 0.25) is 11.9 Å². The highest BCUT2D eigenvalue weighted by Crippen LogP contribution is 2.33. The highest BCUT2D eigenvalue weighted by Gasteiger charge is 2.33. The maximum atomic E-state index is 12.9. The van der Waals surface area contributed by atoms with Gasteiger partial charge in [-0.2, -0.15) is 23.2 Å². The maximum Gasteiger partial charge on any atom is 0.416 e. The minimum Gasteiger partial charge on any atom is -0.457 e. The van der Waals surface area contributed by atoms with Crippen LogP contribution in [0.2, 0.25) is 0 Å². The van der Waals surface area contributed by atoms with Crippen LogP contribution < -0.4 is 16.2 Å². The van der Waals surface area contributed by atoms with Gasteiger partial charge < -0.3 is 16.2 Å². The lowest BCUT2D eigenvalue weighted by Gasteiger charge is -2.36. The molecule has 2 aromatic rings. The Hall–Kier alpha value is -3.27. The Balaban J connectivity index is 1.70. The molecule has 1 aliphatic heterocycles. The lowest BCUT2D eigenvalue weighted by Crippen LogP contribution is -2.53. The van der Waals surface area contributed by atoms with Gasteiger partial charge >= 0.3 is 6.18 Å². The number of nitrogens with zero attached hydrogens (tertiary/aromatic N) is 3. The number of benzene rings is 2. The van der Waals surface area contributed by atoms with Gasteiger partial charge in [-0.25, -0.2) is 4.99 Å². The zero-order valence-corrected chi connectivity index (χ0v) is 15.8. The van der Waals surface area contributed by atoms with E-state index in [9.17, 15) is 13.2 Å². The lowest BCUT2D eigenvalue weighted by atomic mass is 10.2. The van der Waals surface area contributed by atoms with Crippen LogP contribution in [0.4, 0.5) is 13.2 Å². The molecule has 2 aromatic carbocycles. The Morgan fingerprint density at radius 3 is 2.34 bits per heavy atom. The van der Waals surface area contributed by atoms with Crippen LogP contribution >= 0.6 is 0 Å². The van der Waals surface area contributed by atoms with Crippen LogP contribution in [0.5, 0.6) is 11.5 Å². The molecule has 0 spiro atoms. The molecule has 154 valence electrons. The highest BCUT2D eigenvalue weighted by atomic mass is 19.4. The molecule has 0 unspecified atom stereocenters. The smallest absolute Gasteiger partial charge is 0.416 e. The molecule has 0 saturated heterocycles. The van der Waals surface area contributed by atoms with Gasteiger partial charge in [0, 0.05) is 0 Å². The third kappa shape index (κ3) is 4.96. The molecule has 0 bridgehead atoms. The first-order valence-corrected chi connectivity index (χ1v) is 8.61. The largest absolute Gasteiger partial charge is 0.457 e. The molecule has 1 heterocycles. The normalized spacial score (nSPS) is 16.2. The number of hydrogen-bond acceptors (Lipinski definition) is 7. The molecule has 0 fully saturated rings. The summed E-state index contributed by atoms with van der Waals surface area (Å²) in [5, 5.41) is 1.34. The first kappa shape index (κ1) is 20.5. The molecule has 0 saturated carbocycles. The van der Waals surface area contributed by atoms with Gasteiger partial charge in [-0.05, 0) is 49.7 Å². The summed E-state index contributed by atoms with van der Waals surface area (Å²) in [6.07, 6.45) is -4.44. The van der Waals surface area contributed by atoms with E-state index in [0.717, 1.165) is 12.1 Å². The quantitative estimate of drug-likeness (QED) is 0.789. The molecule has 0 radical (unpaired) electrons. The summed E-state index contributed by atoms with van der Waals surface area (Å²) in [5.74, 6) is 0.575. The summed E-state index contributed by atoms with van der Waals surface area (Å²) >= 11 is 0. The Kier molecular flexibility index (Phi) is 5.38. The first-order valence-electron chi connectivity index (χ1n) is 8.61. The molecule has 0 aliphatic carbocycles. The van der Waals surface area contributed by atoms with Crippen molar-refractivity contribution in [1.82, 2.24) is 5.06 Å². The van der Waals surface area contributed by atoms with Crippen molar-refractivity contribution in [2.24, 2.45) is 21.5 Å². The minimum absolute atomic E-state index is 0.0591. The minimum atomic E-state index is -4.44. The monoisotopic (exact) mass is 407 g/mol. The number of hydroxylamine groups is 2. The second-order valence-corrected chi connectivity index (χ2v) is 6.78. The molecule has 1 aliphatic rings. The Bertz CT molecular complexity index is 957. The third-order valence-corrected chi connectivity index (χ3v) is 3.98. The SMILES string of the molecule is CC1(C)N=C(N)N=C(N)N1OCc1cccc(Oc2cccc(C(F)(F)F)c2)c1. The number of guanidine groups is 2. The lowest BCUT2D eigenvalue weighted by molar-refractivity contribution is -0.166. The average molecular weight is 407 g/mol. The van der Waals surface area contributed by atoms with Gasteiger partial charge in [0.05, 0.1) is 5.56 Å². The van der Waals surface area contributed by atoms with E-state index in [2.05, 4.69) is 9.98 Å². The van der Waals surface area contributed by atoms with Crippen molar-refractivity contribution in [3.8, 4) is 11.5 Å². The molecular formula is C19H20F3N5O2. The van der Waals surface area contributed by atoms with Crippen LogP contribution in [0.15, 0.2) is 58.5 Å².